The molecule has 4 heteroatoms. The van der Waals surface area contributed by atoms with Crippen LogP contribution in [-0.2, 0) is 0 Å². The number of nitrogens with zero attached hydrogens (tertiary/aromatic N) is 2. The number of rotatable bonds is 1. The molecule has 1 aliphatic carbocycles. The van der Waals surface area contributed by atoms with Crippen LogP contribution < -0.4 is 5.73 Å². The number of hydrogen-bond donors (Lipinski definition) is 1. The van der Waals surface area contributed by atoms with Gasteiger partial charge in [0.15, 0.2) is 0 Å². The van der Waals surface area contributed by atoms with Gasteiger partial charge in [-0.1, -0.05) is 26.7 Å². The number of nitrogens with two attached hydrogens (primary N) is 1. The Hall–Kier alpha value is -1.06. The molecule has 17 heavy (non-hydrogen) atoms. The maximum atomic E-state index is 12.0. The van der Waals surface area contributed by atoms with Crippen molar-refractivity contribution >= 4 is 11.9 Å². The van der Waals surface area contributed by atoms with Gasteiger partial charge in [-0.25, -0.2) is 4.79 Å². The first-order valence-electron chi connectivity index (χ1n) is 6.59. The Bertz CT molecular complexity index is 364. The molecule has 0 aromatic heterocycles. The first-order chi connectivity index (χ1) is 7.91. The molecule has 1 saturated carbocycles. The summed E-state index contributed by atoms with van der Waals surface area (Å²) in [7, 11) is 0. The molecule has 2 amide bonds. The van der Waals surface area contributed by atoms with Crippen LogP contribution >= 0.6 is 0 Å². The predicted octanol–water partition coefficient (Wildman–Crippen LogP) is 2.38. The SMILES string of the molecule is CC1CCCC2(C(N)=NC(=O)N2C(C)C)C1C. The van der Waals surface area contributed by atoms with Crippen molar-refractivity contribution in [2.75, 3.05) is 0 Å². The van der Waals surface area contributed by atoms with Crippen LogP contribution in [0.25, 0.3) is 0 Å². The van der Waals surface area contributed by atoms with Crippen molar-refractivity contribution in [3.05, 3.63) is 0 Å². The molecule has 1 spiro atoms. The zero-order chi connectivity index (χ0) is 12.8. The highest BCUT2D eigenvalue weighted by Gasteiger charge is 2.55. The van der Waals surface area contributed by atoms with E-state index in [-0.39, 0.29) is 17.6 Å². The predicted molar refractivity (Wildman–Crippen MR) is 68.9 cm³/mol. The van der Waals surface area contributed by atoms with Crippen LogP contribution in [-0.4, -0.2) is 28.3 Å². The van der Waals surface area contributed by atoms with Crippen molar-refractivity contribution in [1.29, 1.82) is 0 Å². The molecule has 1 heterocycles. The van der Waals surface area contributed by atoms with Crippen molar-refractivity contribution in [2.45, 2.75) is 58.5 Å². The summed E-state index contributed by atoms with van der Waals surface area (Å²) < 4.78 is 0. The van der Waals surface area contributed by atoms with Gasteiger partial charge in [0.2, 0.25) is 0 Å². The lowest BCUT2D eigenvalue weighted by molar-refractivity contribution is 0.0541. The van der Waals surface area contributed by atoms with Crippen molar-refractivity contribution in [2.24, 2.45) is 22.6 Å². The number of urea groups is 1. The van der Waals surface area contributed by atoms with Gasteiger partial charge in [-0.2, -0.15) is 4.99 Å². The lowest BCUT2D eigenvalue weighted by atomic mass is 9.67. The van der Waals surface area contributed by atoms with E-state index in [1.54, 1.807) is 0 Å². The van der Waals surface area contributed by atoms with Gasteiger partial charge in [0, 0.05) is 6.04 Å². The fourth-order valence-corrected chi connectivity index (χ4v) is 3.57. The molecule has 2 aliphatic rings. The van der Waals surface area contributed by atoms with E-state index < -0.39 is 0 Å². The molecule has 2 rings (SSSR count). The molecule has 3 atom stereocenters. The van der Waals surface area contributed by atoms with Gasteiger partial charge >= 0.3 is 6.03 Å². The van der Waals surface area contributed by atoms with E-state index in [0.717, 1.165) is 12.8 Å². The standard InChI is InChI=1S/C13H23N3O/c1-8(2)16-12(17)15-11(14)13(16)7-5-6-9(3)10(13)4/h8-10H,5-7H2,1-4H3,(H2,14,15,17). The van der Waals surface area contributed by atoms with Crippen molar-refractivity contribution in [3.8, 4) is 0 Å². The Morgan fingerprint density at radius 1 is 1.47 bits per heavy atom. The number of carbonyl (C=O) groups is 1. The van der Waals surface area contributed by atoms with Gasteiger partial charge in [0.05, 0.1) is 0 Å². The van der Waals surface area contributed by atoms with Crippen molar-refractivity contribution in [1.82, 2.24) is 4.90 Å². The van der Waals surface area contributed by atoms with Gasteiger partial charge in [0.25, 0.3) is 0 Å². The molecule has 1 aliphatic heterocycles. The quantitative estimate of drug-likeness (QED) is 0.761. The van der Waals surface area contributed by atoms with Crippen LogP contribution in [0.15, 0.2) is 4.99 Å². The number of carbonyl (C=O) groups excluding carboxylic acids is 1. The summed E-state index contributed by atoms with van der Waals surface area (Å²) in [5.41, 5.74) is 5.79. The molecule has 0 radical (unpaired) electrons. The van der Waals surface area contributed by atoms with Gasteiger partial charge in [-0.15, -0.1) is 0 Å². The molecule has 96 valence electrons. The average Bonchev–Trinajstić information content (AvgIpc) is 2.47. The molecule has 0 aromatic rings. The summed E-state index contributed by atoms with van der Waals surface area (Å²) in [6, 6.07) is -0.00139. The first-order valence-corrected chi connectivity index (χ1v) is 6.59. The highest BCUT2D eigenvalue weighted by atomic mass is 16.2. The average molecular weight is 237 g/mol. The number of hydrogen-bond acceptors (Lipinski definition) is 2. The molecular formula is C13H23N3O. The fourth-order valence-electron chi connectivity index (χ4n) is 3.57. The summed E-state index contributed by atoms with van der Waals surface area (Å²) in [4.78, 5) is 18.0. The van der Waals surface area contributed by atoms with Crippen LogP contribution in [0.5, 0.6) is 0 Å². The minimum atomic E-state index is -0.317. The summed E-state index contributed by atoms with van der Waals surface area (Å²) >= 11 is 0. The van der Waals surface area contributed by atoms with E-state index in [1.165, 1.54) is 6.42 Å². The second kappa shape index (κ2) is 4.00. The first kappa shape index (κ1) is 12.4. The van der Waals surface area contributed by atoms with Crippen LogP contribution in [0.4, 0.5) is 4.79 Å². The van der Waals surface area contributed by atoms with Crippen LogP contribution in [0.1, 0.15) is 47.0 Å². The van der Waals surface area contributed by atoms with Crippen LogP contribution in [0.3, 0.4) is 0 Å². The van der Waals surface area contributed by atoms with Gasteiger partial charge < -0.3 is 10.6 Å². The Kier molecular flexibility index (Phi) is 2.92. The van der Waals surface area contributed by atoms with E-state index in [9.17, 15) is 4.79 Å². The van der Waals surface area contributed by atoms with Crippen LogP contribution in [0, 0.1) is 11.8 Å². The highest BCUT2D eigenvalue weighted by Crippen LogP contribution is 2.45. The maximum Gasteiger partial charge on any atom is 0.346 e. The second-order valence-electron chi connectivity index (χ2n) is 5.83. The number of aliphatic imine (C=N–C) groups is 1. The molecule has 4 nitrogen and oxygen atoms in total. The van der Waals surface area contributed by atoms with Crippen LogP contribution in [0.2, 0.25) is 0 Å². The van der Waals surface area contributed by atoms with E-state index in [2.05, 4.69) is 18.8 Å². The Morgan fingerprint density at radius 3 is 2.71 bits per heavy atom. The van der Waals surface area contributed by atoms with E-state index >= 15 is 0 Å². The fraction of sp³-hybridized carbons (Fsp3) is 0.846. The lowest BCUT2D eigenvalue weighted by Gasteiger charge is -2.49. The summed E-state index contributed by atoms with van der Waals surface area (Å²) in [5, 5.41) is 0. The minimum absolute atomic E-state index is 0.153. The Labute approximate surface area is 103 Å². The highest BCUT2D eigenvalue weighted by molar-refractivity contribution is 6.06. The smallest absolute Gasteiger partial charge is 0.346 e. The summed E-state index contributed by atoms with van der Waals surface area (Å²) in [6.45, 7) is 8.54. The third-order valence-corrected chi connectivity index (χ3v) is 4.64. The molecule has 0 bridgehead atoms. The lowest BCUT2D eigenvalue weighted by Crippen LogP contribution is -2.62. The largest absolute Gasteiger partial charge is 0.385 e. The third-order valence-electron chi connectivity index (χ3n) is 4.64. The Morgan fingerprint density at radius 2 is 2.12 bits per heavy atom. The van der Waals surface area contributed by atoms with E-state index in [0.29, 0.717) is 17.7 Å². The van der Waals surface area contributed by atoms with Crippen molar-refractivity contribution in [3.63, 3.8) is 0 Å². The van der Waals surface area contributed by atoms with E-state index in [1.807, 2.05) is 18.7 Å². The number of amides is 2. The zero-order valence-electron chi connectivity index (χ0n) is 11.2. The van der Waals surface area contributed by atoms with Crippen molar-refractivity contribution < 1.29 is 4.79 Å². The molecule has 1 fully saturated rings. The molecular weight excluding hydrogens is 214 g/mol. The van der Waals surface area contributed by atoms with Gasteiger partial charge in [-0.05, 0) is 32.1 Å². The number of amidine groups is 1. The normalized spacial score (nSPS) is 38.1. The van der Waals surface area contributed by atoms with E-state index in [4.69, 9.17) is 5.73 Å². The van der Waals surface area contributed by atoms with Gasteiger partial charge in [0.1, 0.15) is 11.4 Å². The molecule has 0 saturated heterocycles. The molecule has 2 N–H and O–H groups in total. The van der Waals surface area contributed by atoms with Gasteiger partial charge in [-0.3, -0.25) is 0 Å². The summed E-state index contributed by atoms with van der Waals surface area (Å²) in [6.07, 6.45) is 3.30. The maximum absolute atomic E-state index is 12.0. The molecule has 3 unspecified atom stereocenters. The second-order valence-corrected chi connectivity index (χ2v) is 5.83. The topological polar surface area (TPSA) is 58.7 Å². The summed E-state index contributed by atoms with van der Waals surface area (Å²) in [5.74, 6) is 1.51. The molecule has 0 aromatic carbocycles. The monoisotopic (exact) mass is 237 g/mol. The zero-order valence-corrected chi connectivity index (χ0v) is 11.2. The Balaban J connectivity index is 2.45. The third kappa shape index (κ3) is 1.57. The minimum Gasteiger partial charge on any atom is -0.385 e.